The number of nitrogens with one attached hydrogen (secondary N) is 1. The van der Waals surface area contributed by atoms with Gasteiger partial charge in [0.05, 0.1) is 12.5 Å². The van der Waals surface area contributed by atoms with E-state index in [0.29, 0.717) is 0 Å². The van der Waals surface area contributed by atoms with Crippen LogP contribution in [0, 0.1) is 5.92 Å². The molecule has 0 spiro atoms. The topological polar surface area (TPSA) is 66.1 Å². The summed E-state index contributed by atoms with van der Waals surface area (Å²) in [5, 5.41) is 0.179. The Morgan fingerprint density at radius 3 is 2.53 bits per heavy atom. The third kappa shape index (κ3) is 2.52. The molecule has 5 nitrogen and oxygen atoms in total. The van der Waals surface area contributed by atoms with Crippen LogP contribution in [0.4, 0.5) is 0 Å². The van der Waals surface area contributed by atoms with Gasteiger partial charge in [-0.3, -0.25) is 0 Å². The fraction of sp³-hybridized carbons (Fsp3) is 0.727. The first-order chi connectivity index (χ1) is 8.01. The van der Waals surface area contributed by atoms with Crippen LogP contribution in [-0.2, 0) is 10.0 Å². The predicted octanol–water partition coefficient (Wildman–Crippen LogP) is 1.61. The Morgan fingerprint density at radius 1 is 1.35 bits per heavy atom. The summed E-state index contributed by atoms with van der Waals surface area (Å²) >= 11 is 0. The molecule has 1 N–H and O–H groups in total. The van der Waals surface area contributed by atoms with Crippen LogP contribution in [0.1, 0.15) is 32.6 Å². The van der Waals surface area contributed by atoms with Gasteiger partial charge in [-0.2, -0.15) is 4.31 Å². The molecule has 17 heavy (non-hydrogen) atoms. The van der Waals surface area contributed by atoms with E-state index in [1.165, 1.54) is 16.8 Å². The Bertz CT molecular complexity index is 447. The monoisotopic (exact) mass is 257 g/mol. The maximum Gasteiger partial charge on any atom is 0.260 e. The van der Waals surface area contributed by atoms with Crippen LogP contribution >= 0.6 is 0 Å². The zero-order valence-electron chi connectivity index (χ0n) is 10.3. The molecule has 1 aliphatic carbocycles. The lowest BCUT2D eigenvalue weighted by Gasteiger charge is -2.32. The zero-order chi connectivity index (χ0) is 12.5. The van der Waals surface area contributed by atoms with Crippen LogP contribution < -0.4 is 0 Å². The molecule has 0 unspecified atom stereocenters. The van der Waals surface area contributed by atoms with Crippen molar-refractivity contribution < 1.29 is 8.42 Å². The first-order valence-corrected chi connectivity index (χ1v) is 7.42. The summed E-state index contributed by atoms with van der Waals surface area (Å²) in [7, 11) is -1.73. The lowest BCUT2D eigenvalue weighted by Crippen LogP contribution is -2.39. The summed E-state index contributed by atoms with van der Waals surface area (Å²) in [6, 6.07) is 0.125. The molecular formula is C11H19N3O2S. The van der Waals surface area contributed by atoms with Crippen LogP contribution in [-0.4, -0.2) is 35.8 Å². The summed E-state index contributed by atoms with van der Waals surface area (Å²) in [5.74, 6) is 0.717. The average molecular weight is 257 g/mol. The molecule has 0 atom stereocenters. The second-order valence-electron chi connectivity index (χ2n) is 4.85. The van der Waals surface area contributed by atoms with Gasteiger partial charge in [-0.25, -0.2) is 13.4 Å². The highest BCUT2D eigenvalue weighted by atomic mass is 32.2. The van der Waals surface area contributed by atoms with E-state index in [-0.39, 0.29) is 11.1 Å². The van der Waals surface area contributed by atoms with Crippen molar-refractivity contribution in [2.24, 2.45) is 5.92 Å². The molecule has 1 saturated carbocycles. The molecule has 96 valence electrons. The zero-order valence-corrected chi connectivity index (χ0v) is 11.1. The summed E-state index contributed by atoms with van der Waals surface area (Å²) < 4.78 is 25.9. The van der Waals surface area contributed by atoms with Crippen LogP contribution in [0.25, 0.3) is 0 Å². The highest BCUT2D eigenvalue weighted by Crippen LogP contribution is 2.28. The van der Waals surface area contributed by atoms with E-state index in [1.54, 1.807) is 7.05 Å². The van der Waals surface area contributed by atoms with Gasteiger partial charge in [0.25, 0.3) is 10.0 Å². The summed E-state index contributed by atoms with van der Waals surface area (Å²) in [6.07, 6.45) is 6.86. The van der Waals surface area contributed by atoms with Crippen LogP contribution in [0.2, 0.25) is 0 Å². The van der Waals surface area contributed by atoms with E-state index in [0.717, 1.165) is 31.6 Å². The maximum atomic E-state index is 12.2. The van der Waals surface area contributed by atoms with E-state index < -0.39 is 10.0 Å². The van der Waals surface area contributed by atoms with Crippen molar-refractivity contribution in [1.82, 2.24) is 14.3 Å². The van der Waals surface area contributed by atoms with Gasteiger partial charge < -0.3 is 4.98 Å². The fourth-order valence-corrected chi connectivity index (χ4v) is 3.65. The molecule has 1 heterocycles. The molecule has 1 aliphatic rings. The number of H-pyrrole nitrogens is 1. The molecule has 0 radical (unpaired) electrons. The van der Waals surface area contributed by atoms with Crippen molar-refractivity contribution in [2.75, 3.05) is 7.05 Å². The molecule has 0 aliphatic heterocycles. The Morgan fingerprint density at radius 2 is 2.00 bits per heavy atom. The molecule has 2 rings (SSSR count). The maximum absolute atomic E-state index is 12.2. The number of sulfonamides is 1. The van der Waals surface area contributed by atoms with Crippen LogP contribution in [0.5, 0.6) is 0 Å². The van der Waals surface area contributed by atoms with Crippen LogP contribution in [0.15, 0.2) is 17.6 Å². The number of hydrogen-bond donors (Lipinski definition) is 1. The summed E-state index contributed by atoms with van der Waals surface area (Å²) in [6.45, 7) is 2.22. The molecule has 1 aromatic heterocycles. The predicted molar refractivity (Wildman–Crippen MR) is 65.0 cm³/mol. The van der Waals surface area contributed by atoms with Gasteiger partial charge in [0, 0.05) is 13.1 Å². The van der Waals surface area contributed by atoms with E-state index in [1.807, 2.05) is 0 Å². The molecule has 0 bridgehead atoms. The van der Waals surface area contributed by atoms with Gasteiger partial charge in [-0.1, -0.05) is 6.92 Å². The van der Waals surface area contributed by atoms with Gasteiger partial charge in [-0.05, 0) is 31.6 Å². The minimum Gasteiger partial charge on any atom is -0.335 e. The third-order valence-corrected chi connectivity index (χ3v) is 5.47. The molecule has 1 aromatic rings. The van der Waals surface area contributed by atoms with Crippen molar-refractivity contribution in [2.45, 2.75) is 43.7 Å². The molecule has 0 saturated heterocycles. The Balaban J connectivity index is 2.12. The number of aromatic amines is 1. The Hall–Kier alpha value is -0.880. The van der Waals surface area contributed by atoms with Gasteiger partial charge in [-0.15, -0.1) is 0 Å². The first kappa shape index (κ1) is 12.6. The minimum atomic E-state index is -3.40. The second-order valence-corrected chi connectivity index (χ2v) is 6.82. The largest absolute Gasteiger partial charge is 0.335 e. The van der Waals surface area contributed by atoms with E-state index in [9.17, 15) is 8.42 Å². The fourth-order valence-electron chi connectivity index (χ4n) is 2.34. The third-order valence-electron chi connectivity index (χ3n) is 3.63. The van der Waals surface area contributed by atoms with E-state index in [2.05, 4.69) is 16.9 Å². The van der Waals surface area contributed by atoms with Gasteiger partial charge in [0.15, 0.2) is 5.03 Å². The van der Waals surface area contributed by atoms with Crippen molar-refractivity contribution in [3.63, 3.8) is 0 Å². The van der Waals surface area contributed by atoms with Crippen molar-refractivity contribution in [3.05, 3.63) is 12.5 Å². The molecule has 6 heteroatoms. The number of nitrogens with zero attached hydrogens (tertiary/aromatic N) is 2. The summed E-state index contributed by atoms with van der Waals surface area (Å²) in [5.41, 5.74) is 0. The van der Waals surface area contributed by atoms with E-state index in [4.69, 9.17) is 0 Å². The number of rotatable bonds is 3. The lowest BCUT2D eigenvalue weighted by atomic mass is 9.87. The molecule has 0 amide bonds. The summed E-state index contributed by atoms with van der Waals surface area (Å²) in [4.78, 5) is 6.43. The highest BCUT2D eigenvalue weighted by molar-refractivity contribution is 7.89. The molecular weight excluding hydrogens is 238 g/mol. The van der Waals surface area contributed by atoms with E-state index >= 15 is 0 Å². The van der Waals surface area contributed by atoms with Gasteiger partial charge in [0.2, 0.25) is 0 Å². The average Bonchev–Trinajstić information content (AvgIpc) is 2.83. The minimum absolute atomic E-state index is 0.125. The number of hydrogen-bond acceptors (Lipinski definition) is 3. The number of aromatic nitrogens is 2. The lowest BCUT2D eigenvalue weighted by molar-refractivity contribution is 0.245. The normalized spacial score (nSPS) is 26.3. The number of imidazole rings is 1. The first-order valence-electron chi connectivity index (χ1n) is 5.98. The van der Waals surface area contributed by atoms with Crippen LogP contribution in [0.3, 0.4) is 0 Å². The van der Waals surface area contributed by atoms with Crippen molar-refractivity contribution in [3.8, 4) is 0 Å². The smallest absolute Gasteiger partial charge is 0.260 e. The SMILES string of the molecule is CC1CCC(N(C)S(=O)(=O)c2cnc[nH]2)CC1. The molecule has 0 aromatic carbocycles. The van der Waals surface area contributed by atoms with Crippen molar-refractivity contribution in [1.29, 1.82) is 0 Å². The Kier molecular flexibility index (Phi) is 3.53. The quantitative estimate of drug-likeness (QED) is 0.894. The van der Waals surface area contributed by atoms with Crippen molar-refractivity contribution >= 4 is 10.0 Å². The highest BCUT2D eigenvalue weighted by Gasteiger charge is 2.31. The standard InChI is InChI=1S/C11H19N3O2S/c1-9-3-5-10(6-4-9)14(2)17(15,16)11-7-12-8-13-11/h7-10H,3-6H2,1-2H3,(H,12,13). The second kappa shape index (κ2) is 4.78. The molecule has 1 fully saturated rings. The van der Waals surface area contributed by atoms with Gasteiger partial charge in [0.1, 0.15) is 0 Å². The Labute approximate surface area is 102 Å². The van der Waals surface area contributed by atoms with Gasteiger partial charge >= 0.3 is 0 Å².